The van der Waals surface area contributed by atoms with Crippen molar-refractivity contribution in [1.29, 1.82) is 0 Å². The van der Waals surface area contributed by atoms with E-state index < -0.39 is 0 Å². The number of carbonyl (C=O) groups excluding carboxylic acids is 1. The average Bonchev–Trinajstić information content (AvgIpc) is 2.81. The van der Waals surface area contributed by atoms with Crippen molar-refractivity contribution in [2.75, 3.05) is 0 Å². The van der Waals surface area contributed by atoms with Gasteiger partial charge in [0.15, 0.2) is 0 Å². The van der Waals surface area contributed by atoms with Gasteiger partial charge in [-0.15, -0.1) is 0 Å². The van der Waals surface area contributed by atoms with Crippen molar-refractivity contribution in [3.8, 4) is 17.0 Å². The lowest BCUT2D eigenvalue weighted by Gasteiger charge is -2.27. The number of rotatable bonds is 11. The molecule has 0 atom stereocenters. The molecule has 0 amide bonds. The molecule has 0 unspecified atom stereocenters. The second-order valence-corrected chi connectivity index (χ2v) is 9.17. The van der Waals surface area contributed by atoms with Crippen LogP contribution in [-0.4, -0.2) is 11.0 Å². The first kappa shape index (κ1) is 23.5. The van der Waals surface area contributed by atoms with Crippen LogP contribution in [0.5, 0.6) is 5.75 Å². The van der Waals surface area contributed by atoms with Crippen LogP contribution in [0.1, 0.15) is 90.0 Å². The largest absolute Gasteiger partial charge is 0.426 e. The zero-order valence-electron chi connectivity index (χ0n) is 19.4. The molecule has 168 valence electrons. The quantitative estimate of drug-likeness (QED) is 0.211. The number of ether oxygens (including phenoxy) is 1. The first-order chi connectivity index (χ1) is 15.2. The summed E-state index contributed by atoms with van der Waals surface area (Å²) in [6.07, 6.45) is 16.4. The number of aryl methyl sites for hydroxylation is 1. The topological polar surface area (TPSA) is 39.2 Å². The number of hydrogen-bond acceptors (Lipinski definition) is 3. The van der Waals surface area contributed by atoms with Crippen molar-refractivity contribution >= 4 is 5.97 Å². The van der Waals surface area contributed by atoms with Crippen LogP contribution in [0.4, 0.5) is 0 Å². The summed E-state index contributed by atoms with van der Waals surface area (Å²) < 4.78 is 5.69. The Hall–Kier alpha value is -2.16. The molecule has 0 spiro atoms. The highest BCUT2D eigenvalue weighted by atomic mass is 16.5. The van der Waals surface area contributed by atoms with E-state index in [4.69, 9.17) is 4.74 Å². The highest BCUT2D eigenvalue weighted by Crippen LogP contribution is 2.33. The number of aromatic nitrogens is 1. The van der Waals surface area contributed by atoms with Crippen LogP contribution >= 0.6 is 0 Å². The Morgan fingerprint density at radius 3 is 2.26 bits per heavy atom. The monoisotopic (exact) mass is 421 g/mol. The maximum absolute atomic E-state index is 12.6. The number of nitrogens with zero attached hydrogens (tertiary/aromatic N) is 1. The summed E-state index contributed by atoms with van der Waals surface area (Å²) >= 11 is 0. The lowest BCUT2D eigenvalue weighted by atomic mass is 9.80. The summed E-state index contributed by atoms with van der Waals surface area (Å²) in [5.74, 6) is 1.44. The van der Waals surface area contributed by atoms with Gasteiger partial charge >= 0.3 is 5.97 Å². The Bertz CT molecular complexity index is 774. The number of carbonyl (C=O) groups is 1. The fourth-order valence-corrected chi connectivity index (χ4v) is 4.59. The SMILES string of the molecule is CCCCCc1ccc(-c2ccc(OC(=O)C3CCC(CCCCC)CC3)cc2)nc1. The van der Waals surface area contributed by atoms with E-state index in [2.05, 4.69) is 31.0 Å². The maximum atomic E-state index is 12.6. The standard InChI is InChI=1S/C28H39NO2/c1-3-5-7-9-22-11-14-25(15-12-22)28(30)31-26-18-16-24(17-19-26)27-20-13-23(21-29-27)10-8-6-4-2/h13,16-22,25H,3-12,14-15H2,1-2H3. The molecule has 1 aromatic heterocycles. The van der Waals surface area contributed by atoms with Crippen molar-refractivity contribution in [3.63, 3.8) is 0 Å². The molecular weight excluding hydrogens is 382 g/mol. The molecule has 0 bridgehead atoms. The molecule has 1 saturated carbocycles. The highest BCUT2D eigenvalue weighted by molar-refractivity contribution is 5.75. The van der Waals surface area contributed by atoms with E-state index in [1.54, 1.807) is 0 Å². The summed E-state index contributed by atoms with van der Waals surface area (Å²) in [4.78, 5) is 17.2. The Morgan fingerprint density at radius 1 is 0.903 bits per heavy atom. The normalized spacial score (nSPS) is 18.6. The molecule has 1 aromatic carbocycles. The summed E-state index contributed by atoms with van der Waals surface area (Å²) in [6.45, 7) is 4.48. The second kappa shape index (κ2) is 12.6. The van der Waals surface area contributed by atoms with Gasteiger partial charge in [-0.25, -0.2) is 0 Å². The molecule has 1 heterocycles. The fourth-order valence-electron chi connectivity index (χ4n) is 4.59. The number of hydrogen-bond donors (Lipinski definition) is 0. The molecule has 0 radical (unpaired) electrons. The van der Waals surface area contributed by atoms with E-state index in [1.165, 1.54) is 63.4 Å². The molecule has 0 saturated heterocycles. The van der Waals surface area contributed by atoms with Gasteiger partial charge in [0.1, 0.15) is 5.75 Å². The first-order valence-electron chi connectivity index (χ1n) is 12.5. The van der Waals surface area contributed by atoms with E-state index in [1.807, 2.05) is 30.5 Å². The number of pyridine rings is 1. The van der Waals surface area contributed by atoms with Crippen molar-refractivity contribution in [3.05, 3.63) is 48.2 Å². The molecule has 1 aliphatic rings. The Balaban J connectivity index is 1.46. The Kier molecular flexibility index (Phi) is 9.58. The van der Waals surface area contributed by atoms with Gasteiger partial charge in [0.05, 0.1) is 11.6 Å². The second-order valence-electron chi connectivity index (χ2n) is 9.17. The molecule has 3 heteroatoms. The van der Waals surface area contributed by atoms with Gasteiger partial charge in [-0.3, -0.25) is 9.78 Å². The molecule has 3 rings (SSSR count). The smallest absolute Gasteiger partial charge is 0.314 e. The van der Waals surface area contributed by atoms with Crippen molar-refractivity contribution in [2.24, 2.45) is 11.8 Å². The zero-order valence-corrected chi connectivity index (χ0v) is 19.4. The summed E-state index contributed by atoms with van der Waals surface area (Å²) in [7, 11) is 0. The minimum Gasteiger partial charge on any atom is -0.426 e. The molecule has 2 aromatic rings. The van der Waals surface area contributed by atoms with Crippen LogP contribution in [0, 0.1) is 11.8 Å². The van der Waals surface area contributed by atoms with Crippen LogP contribution in [0.25, 0.3) is 11.3 Å². The van der Waals surface area contributed by atoms with Crippen LogP contribution in [0.15, 0.2) is 42.6 Å². The van der Waals surface area contributed by atoms with Gasteiger partial charge in [-0.2, -0.15) is 0 Å². The van der Waals surface area contributed by atoms with Crippen LogP contribution < -0.4 is 4.74 Å². The van der Waals surface area contributed by atoms with Gasteiger partial charge in [-0.1, -0.05) is 58.4 Å². The van der Waals surface area contributed by atoms with E-state index in [0.717, 1.165) is 36.4 Å². The highest BCUT2D eigenvalue weighted by Gasteiger charge is 2.27. The van der Waals surface area contributed by atoms with Gasteiger partial charge in [0, 0.05) is 11.8 Å². The third-order valence-electron chi connectivity index (χ3n) is 6.66. The lowest BCUT2D eigenvalue weighted by Crippen LogP contribution is -2.25. The zero-order chi connectivity index (χ0) is 21.9. The molecule has 31 heavy (non-hydrogen) atoms. The van der Waals surface area contributed by atoms with Crippen LogP contribution in [0.2, 0.25) is 0 Å². The first-order valence-corrected chi connectivity index (χ1v) is 12.5. The molecule has 1 aliphatic carbocycles. The van der Waals surface area contributed by atoms with Crippen LogP contribution in [0.3, 0.4) is 0 Å². The molecule has 0 N–H and O–H groups in total. The van der Waals surface area contributed by atoms with Crippen LogP contribution in [-0.2, 0) is 11.2 Å². The predicted molar refractivity (Wildman–Crippen MR) is 128 cm³/mol. The maximum Gasteiger partial charge on any atom is 0.314 e. The third kappa shape index (κ3) is 7.48. The van der Waals surface area contributed by atoms with E-state index in [0.29, 0.717) is 5.75 Å². The van der Waals surface area contributed by atoms with E-state index >= 15 is 0 Å². The van der Waals surface area contributed by atoms with Crippen molar-refractivity contribution in [1.82, 2.24) is 4.98 Å². The Morgan fingerprint density at radius 2 is 1.61 bits per heavy atom. The molecule has 1 fully saturated rings. The summed E-state index contributed by atoms with van der Waals surface area (Å²) in [5.41, 5.74) is 3.30. The third-order valence-corrected chi connectivity index (χ3v) is 6.66. The van der Waals surface area contributed by atoms with Crippen molar-refractivity contribution in [2.45, 2.75) is 90.9 Å². The minimum absolute atomic E-state index is 0.0593. The molecule has 3 nitrogen and oxygen atoms in total. The molecular formula is C28H39NO2. The van der Waals surface area contributed by atoms with E-state index in [-0.39, 0.29) is 11.9 Å². The number of esters is 1. The predicted octanol–water partition coefficient (Wildman–Crippen LogP) is 7.77. The average molecular weight is 422 g/mol. The van der Waals surface area contributed by atoms with Gasteiger partial charge < -0.3 is 4.74 Å². The Labute approximate surface area is 188 Å². The molecule has 0 aliphatic heterocycles. The van der Waals surface area contributed by atoms with Gasteiger partial charge in [-0.05, 0) is 80.3 Å². The number of unbranched alkanes of at least 4 members (excludes halogenated alkanes) is 4. The van der Waals surface area contributed by atoms with Gasteiger partial charge in [0.2, 0.25) is 0 Å². The van der Waals surface area contributed by atoms with Gasteiger partial charge in [0.25, 0.3) is 0 Å². The minimum atomic E-state index is -0.0608. The number of benzene rings is 1. The van der Waals surface area contributed by atoms with E-state index in [9.17, 15) is 4.79 Å². The summed E-state index contributed by atoms with van der Waals surface area (Å²) in [6, 6.07) is 12.0. The van der Waals surface area contributed by atoms with Crippen molar-refractivity contribution < 1.29 is 9.53 Å². The summed E-state index contributed by atoms with van der Waals surface area (Å²) in [5, 5.41) is 0. The lowest BCUT2D eigenvalue weighted by molar-refractivity contribution is -0.140. The fraction of sp³-hybridized carbons (Fsp3) is 0.571.